The highest BCUT2D eigenvalue weighted by Crippen LogP contribution is 2.28. The number of nitrogens with two attached hydrogens (primary N) is 1. The van der Waals surface area contributed by atoms with E-state index in [1.807, 2.05) is 0 Å². The zero-order chi connectivity index (χ0) is 15.4. The highest BCUT2D eigenvalue weighted by Gasteiger charge is 2.14. The molecule has 0 aliphatic heterocycles. The van der Waals surface area contributed by atoms with Crippen molar-refractivity contribution in [3.8, 4) is 5.75 Å². The van der Waals surface area contributed by atoms with Crippen molar-refractivity contribution < 1.29 is 14.1 Å². The third kappa shape index (κ3) is 3.67. The van der Waals surface area contributed by atoms with Crippen LogP contribution in [0.15, 0.2) is 40.9 Å². The molecule has 0 heterocycles. The van der Waals surface area contributed by atoms with E-state index in [9.17, 15) is 14.5 Å². The first-order valence-electron chi connectivity index (χ1n) is 5.83. The molecule has 3 N–H and O–H groups in total. The Labute approximate surface area is 128 Å². The molecule has 21 heavy (non-hydrogen) atoms. The van der Waals surface area contributed by atoms with Crippen LogP contribution in [0.5, 0.6) is 5.75 Å². The summed E-state index contributed by atoms with van der Waals surface area (Å²) in [5.74, 6) is 5.27. The highest BCUT2D eigenvalue weighted by atomic mass is 79.9. The molecule has 8 heteroatoms. The fourth-order valence-corrected chi connectivity index (χ4v) is 2.16. The molecule has 6 nitrogen and oxygen atoms in total. The Bertz CT molecular complexity index is 682. The minimum Gasteiger partial charge on any atom is -0.488 e. The van der Waals surface area contributed by atoms with Crippen LogP contribution in [0.1, 0.15) is 5.56 Å². The Hall–Kier alpha value is -2.19. The van der Waals surface area contributed by atoms with Crippen molar-refractivity contribution >= 4 is 27.3 Å². The predicted octanol–water partition coefficient (Wildman–Crippen LogP) is 3.36. The molecular formula is C13H11BrFN3O3. The normalized spacial score (nSPS) is 10.2. The van der Waals surface area contributed by atoms with Crippen LogP contribution in [0.2, 0.25) is 0 Å². The minimum atomic E-state index is -0.535. The van der Waals surface area contributed by atoms with Gasteiger partial charge in [-0.1, -0.05) is 6.07 Å². The number of nitrogens with zero attached hydrogens (tertiary/aromatic N) is 1. The number of hydrazine groups is 1. The van der Waals surface area contributed by atoms with Crippen LogP contribution >= 0.6 is 15.9 Å². The van der Waals surface area contributed by atoms with Crippen molar-refractivity contribution in [1.82, 2.24) is 0 Å². The second-order valence-electron chi connectivity index (χ2n) is 4.12. The molecule has 2 aromatic rings. The molecular weight excluding hydrogens is 345 g/mol. The number of rotatable bonds is 5. The molecule has 2 aromatic carbocycles. The minimum absolute atomic E-state index is 0.107. The number of ether oxygens (including phenoxy) is 1. The summed E-state index contributed by atoms with van der Waals surface area (Å²) < 4.78 is 18.9. The lowest BCUT2D eigenvalue weighted by Gasteiger charge is -2.09. The smallest absolute Gasteiger partial charge is 0.294 e. The molecule has 0 spiro atoms. The lowest BCUT2D eigenvalue weighted by molar-refractivity contribution is -0.384. The van der Waals surface area contributed by atoms with Gasteiger partial charge in [-0.15, -0.1) is 0 Å². The highest BCUT2D eigenvalue weighted by molar-refractivity contribution is 9.10. The van der Waals surface area contributed by atoms with Gasteiger partial charge in [0.15, 0.2) is 0 Å². The van der Waals surface area contributed by atoms with Gasteiger partial charge in [-0.05, 0) is 45.8 Å². The first kappa shape index (κ1) is 15.2. The number of hydrogen-bond acceptors (Lipinski definition) is 5. The summed E-state index contributed by atoms with van der Waals surface area (Å²) in [6.45, 7) is 0.107. The summed E-state index contributed by atoms with van der Waals surface area (Å²) in [6.07, 6.45) is 0. The summed E-state index contributed by atoms with van der Waals surface area (Å²) in [7, 11) is 0. The number of nitro benzene ring substituents is 1. The second kappa shape index (κ2) is 6.51. The maximum Gasteiger partial charge on any atom is 0.294 e. The van der Waals surface area contributed by atoms with E-state index < -0.39 is 4.92 Å². The van der Waals surface area contributed by atoms with E-state index in [-0.39, 0.29) is 23.8 Å². The van der Waals surface area contributed by atoms with E-state index in [0.717, 1.165) is 0 Å². The molecule has 0 saturated heterocycles. The number of anilines is 1. The number of hydrogen-bond donors (Lipinski definition) is 2. The van der Waals surface area contributed by atoms with E-state index in [1.54, 1.807) is 6.07 Å². The molecule has 2 rings (SSSR count). The summed E-state index contributed by atoms with van der Waals surface area (Å²) >= 11 is 3.18. The van der Waals surface area contributed by atoms with E-state index >= 15 is 0 Å². The van der Waals surface area contributed by atoms with E-state index in [1.165, 1.54) is 30.3 Å². The van der Waals surface area contributed by atoms with Crippen molar-refractivity contribution in [2.45, 2.75) is 6.61 Å². The van der Waals surface area contributed by atoms with E-state index in [2.05, 4.69) is 21.4 Å². The van der Waals surface area contributed by atoms with Crippen molar-refractivity contribution in [3.63, 3.8) is 0 Å². The zero-order valence-electron chi connectivity index (χ0n) is 10.7. The molecule has 0 unspecified atom stereocenters. The monoisotopic (exact) mass is 355 g/mol. The second-order valence-corrected chi connectivity index (χ2v) is 4.97. The van der Waals surface area contributed by atoms with Crippen molar-refractivity contribution in [3.05, 3.63) is 62.4 Å². The van der Waals surface area contributed by atoms with Crippen LogP contribution in [0.4, 0.5) is 15.8 Å². The Morgan fingerprint density at radius 2 is 2.10 bits per heavy atom. The van der Waals surface area contributed by atoms with Crippen molar-refractivity contribution in [2.75, 3.05) is 5.43 Å². The molecule has 110 valence electrons. The third-order valence-corrected chi connectivity index (χ3v) is 3.32. The lowest BCUT2D eigenvalue weighted by Crippen LogP contribution is -2.09. The Morgan fingerprint density at radius 3 is 2.71 bits per heavy atom. The van der Waals surface area contributed by atoms with Gasteiger partial charge in [0.1, 0.15) is 23.9 Å². The summed E-state index contributed by atoms with van der Waals surface area (Å²) in [5, 5.41) is 10.9. The fraction of sp³-hybridized carbons (Fsp3) is 0.0769. The van der Waals surface area contributed by atoms with Crippen LogP contribution in [-0.2, 0) is 6.61 Å². The first-order chi connectivity index (χ1) is 10.0. The summed E-state index contributed by atoms with van der Waals surface area (Å²) in [5.41, 5.74) is 2.93. The molecule has 0 aromatic heterocycles. The van der Waals surface area contributed by atoms with Gasteiger partial charge in [0.25, 0.3) is 5.69 Å². The zero-order valence-corrected chi connectivity index (χ0v) is 12.3. The van der Waals surface area contributed by atoms with Gasteiger partial charge in [0.2, 0.25) is 0 Å². The van der Waals surface area contributed by atoms with E-state index in [0.29, 0.717) is 15.8 Å². The quantitative estimate of drug-likeness (QED) is 0.487. The van der Waals surface area contributed by atoms with Gasteiger partial charge in [0.05, 0.1) is 9.40 Å². The molecule has 0 aliphatic rings. The summed E-state index contributed by atoms with van der Waals surface area (Å²) in [6, 6.07) is 8.54. The Morgan fingerprint density at radius 1 is 1.33 bits per heavy atom. The van der Waals surface area contributed by atoms with Gasteiger partial charge in [0, 0.05) is 6.07 Å². The third-order valence-electron chi connectivity index (χ3n) is 2.70. The largest absolute Gasteiger partial charge is 0.488 e. The van der Waals surface area contributed by atoms with Crippen molar-refractivity contribution in [1.29, 1.82) is 0 Å². The molecule has 0 bridgehead atoms. The van der Waals surface area contributed by atoms with Crippen molar-refractivity contribution in [2.24, 2.45) is 5.84 Å². The number of halogens is 2. The average molecular weight is 356 g/mol. The molecule has 0 amide bonds. The van der Waals surface area contributed by atoms with Crippen LogP contribution in [0.25, 0.3) is 0 Å². The maximum absolute atomic E-state index is 13.0. The van der Waals surface area contributed by atoms with E-state index in [4.69, 9.17) is 10.6 Å². The Kier molecular flexibility index (Phi) is 4.71. The molecule has 0 saturated carbocycles. The maximum atomic E-state index is 13.0. The van der Waals surface area contributed by atoms with Gasteiger partial charge < -0.3 is 10.2 Å². The number of nitrogen functional groups attached to an aromatic ring is 1. The van der Waals surface area contributed by atoms with Gasteiger partial charge >= 0.3 is 0 Å². The topological polar surface area (TPSA) is 90.4 Å². The van der Waals surface area contributed by atoms with Crippen LogP contribution < -0.4 is 16.0 Å². The predicted molar refractivity (Wildman–Crippen MR) is 79.3 cm³/mol. The van der Waals surface area contributed by atoms with Gasteiger partial charge in [-0.3, -0.25) is 16.0 Å². The lowest BCUT2D eigenvalue weighted by atomic mass is 10.2. The van der Waals surface area contributed by atoms with Gasteiger partial charge in [-0.2, -0.15) is 0 Å². The number of nitro groups is 1. The number of benzene rings is 2. The van der Waals surface area contributed by atoms with Crippen LogP contribution in [-0.4, -0.2) is 4.92 Å². The molecule has 0 fully saturated rings. The number of nitrogens with one attached hydrogen (secondary N) is 1. The van der Waals surface area contributed by atoms with Crippen LogP contribution in [0.3, 0.4) is 0 Å². The summed E-state index contributed by atoms with van der Waals surface area (Å²) in [4.78, 5) is 10.4. The standard InChI is InChI=1S/C13H11BrFN3O3/c14-10-6-9(15)2-4-13(10)21-7-8-1-3-11(17-16)12(5-8)18(19)20/h1-6,17H,7,16H2. The molecule has 0 aliphatic carbocycles. The Balaban J connectivity index is 2.16. The molecule has 0 atom stereocenters. The van der Waals surface area contributed by atoms with Gasteiger partial charge in [-0.25, -0.2) is 4.39 Å². The average Bonchev–Trinajstić information content (AvgIpc) is 2.46. The SMILES string of the molecule is NNc1ccc(COc2ccc(F)cc2Br)cc1[N+](=O)[O-]. The molecule has 0 radical (unpaired) electrons. The fourth-order valence-electron chi connectivity index (χ4n) is 1.69. The van der Waals surface area contributed by atoms with Crippen LogP contribution in [0, 0.1) is 15.9 Å². The first-order valence-corrected chi connectivity index (χ1v) is 6.62.